The van der Waals surface area contributed by atoms with Gasteiger partial charge in [0.2, 0.25) is 10.0 Å². The number of hydrogen-bond donors (Lipinski definition) is 0. The second-order valence-electron chi connectivity index (χ2n) is 8.36. The summed E-state index contributed by atoms with van der Waals surface area (Å²) < 4.78 is 40.2. The summed E-state index contributed by atoms with van der Waals surface area (Å²) in [6, 6.07) is 19.2. The predicted molar refractivity (Wildman–Crippen MR) is 142 cm³/mol. The number of nitrogens with zero attached hydrogens (tertiary/aromatic N) is 2. The fourth-order valence-corrected chi connectivity index (χ4v) is 6.39. The van der Waals surface area contributed by atoms with Crippen molar-refractivity contribution in [3.05, 3.63) is 80.9 Å². The van der Waals surface area contributed by atoms with Crippen molar-refractivity contribution in [3.63, 3.8) is 0 Å². The van der Waals surface area contributed by atoms with Crippen molar-refractivity contribution in [2.24, 2.45) is 0 Å². The van der Waals surface area contributed by atoms with Crippen molar-refractivity contribution in [2.75, 3.05) is 18.0 Å². The SMILES string of the molecule is O=C1OCc2cc(Cl)ccc2N1C1CCN(S(=O)(=O)c2ccc(Oc3ccc(I)cc3)cc2)CC1. The van der Waals surface area contributed by atoms with E-state index in [9.17, 15) is 13.2 Å². The Bertz CT molecular complexity index is 1340. The number of rotatable bonds is 5. The third-order valence-corrected chi connectivity index (χ3v) is 9.02. The van der Waals surface area contributed by atoms with Crippen molar-refractivity contribution in [1.29, 1.82) is 0 Å². The lowest BCUT2D eigenvalue weighted by Gasteiger charge is -2.39. The topological polar surface area (TPSA) is 76.2 Å². The number of hydrogen-bond acceptors (Lipinski definition) is 5. The molecule has 0 radical (unpaired) electrons. The molecule has 1 amide bonds. The first kappa shape index (κ1) is 24.4. The fraction of sp³-hybridized carbons (Fsp3) is 0.240. The van der Waals surface area contributed by atoms with Crippen LogP contribution in [0.5, 0.6) is 11.5 Å². The van der Waals surface area contributed by atoms with Crippen LogP contribution in [0.1, 0.15) is 18.4 Å². The van der Waals surface area contributed by atoms with Crippen LogP contribution in [0.2, 0.25) is 5.02 Å². The number of benzene rings is 3. The van der Waals surface area contributed by atoms with E-state index in [1.165, 1.54) is 4.31 Å². The first-order valence-corrected chi connectivity index (χ1v) is 14.0. The molecular weight excluding hydrogens is 603 g/mol. The monoisotopic (exact) mass is 624 g/mol. The Labute approximate surface area is 222 Å². The number of ether oxygens (including phenoxy) is 2. The molecule has 1 fully saturated rings. The van der Waals surface area contributed by atoms with Gasteiger partial charge in [-0.05, 0) is 102 Å². The highest BCUT2D eigenvalue weighted by atomic mass is 127. The molecule has 7 nitrogen and oxygen atoms in total. The molecule has 2 aliphatic rings. The summed E-state index contributed by atoms with van der Waals surface area (Å²) >= 11 is 8.31. The van der Waals surface area contributed by atoms with Gasteiger partial charge in [-0.3, -0.25) is 4.90 Å². The highest BCUT2D eigenvalue weighted by molar-refractivity contribution is 14.1. The van der Waals surface area contributed by atoms with Gasteiger partial charge < -0.3 is 9.47 Å². The Morgan fingerprint density at radius 2 is 1.57 bits per heavy atom. The van der Waals surface area contributed by atoms with Crippen LogP contribution in [0.4, 0.5) is 10.5 Å². The van der Waals surface area contributed by atoms with Gasteiger partial charge >= 0.3 is 6.09 Å². The van der Waals surface area contributed by atoms with E-state index < -0.39 is 16.1 Å². The van der Waals surface area contributed by atoms with Gasteiger partial charge in [0.1, 0.15) is 18.1 Å². The Hall–Kier alpha value is -2.34. The van der Waals surface area contributed by atoms with Crippen molar-refractivity contribution >= 4 is 56.0 Å². The van der Waals surface area contributed by atoms with Gasteiger partial charge in [-0.25, -0.2) is 13.2 Å². The van der Waals surface area contributed by atoms with Crippen molar-refractivity contribution in [3.8, 4) is 11.5 Å². The van der Waals surface area contributed by atoms with E-state index in [4.69, 9.17) is 21.1 Å². The molecule has 1 saturated heterocycles. The van der Waals surface area contributed by atoms with Crippen LogP contribution in [0, 0.1) is 3.57 Å². The van der Waals surface area contributed by atoms with E-state index in [1.54, 1.807) is 41.3 Å². The molecule has 0 atom stereocenters. The Kier molecular flexibility index (Phi) is 6.93. The number of halogens is 2. The lowest BCUT2D eigenvalue weighted by atomic mass is 10.0. The van der Waals surface area contributed by atoms with Crippen LogP contribution < -0.4 is 9.64 Å². The summed E-state index contributed by atoms with van der Waals surface area (Å²) in [5.74, 6) is 1.24. The zero-order chi connectivity index (χ0) is 24.6. The number of fused-ring (bicyclic) bond motifs is 1. The molecule has 3 aromatic rings. The summed E-state index contributed by atoms with van der Waals surface area (Å²) in [7, 11) is -3.67. The van der Waals surface area contributed by atoms with Gasteiger partial charge in [0.05, 0.1) is 10.6 Å². The largest absolute Gasteiger partial charge is 0.457 e. The molecule has 2 aliphatic heterocycles. The normalized spacial score (nSPS) is 17.1. The summed E-state index contributed by atoms with van der Waals surface area (Å²) in [4.78, 5) is 14.4. The Balaban J connectivity index is 1.26. The molecule has 2 heterocycles. The summed E-state index contributed by atoms with van der Waals surface area (Å²) in [6.45, 7) is 0.795. The van der Waals surface area contributed by atoms with Crippen LogP contribution in [0.15, 0.2) is 71.6 Å². The maximum absolute atomic E-state index is 13.2. The molecule has 0 unspecified atom stereocenters. The molecule has 0 N–H and O–H groups in total. The lowest BCUT2D eigenvalue weighted by molar-refractivity contribution is 0.136. The van der Waals surface area contributed by atoms with E-state index >= 15 is 0 Å². The van der Waals surface area contributed by atoms with Crippen LogP contribution in [-0.4, -0.2) is 37.9 Å². The van der Waals surface area contributed by atoms with Gasteiger partial charge in [-0.1, -0.05) is 11.6 Å². The predicted octanol–water partition coefficient (Wildman–Crippen LogP) is 6.05. The van der Waals surface area contributed by atoms with Gasteiger partial charge in [0.25, 0.3) is 0 Å². The minimum Gasteiger partial charge on any atom is -0.457 e. The standard InChI is InChI=1S/C25H22ClIN2O5S/c26-18-1-10-24-17(15-18)16-33-25(30)29(24)20-11-13-28(14-12-20)35(31,32)23-8-6-22(7-9-23)34-21-4-2-19(27)3-5-21/h1-10,15,20H,11-14,16H2. The number of anilines is 1. The van der Waals surface area contributed by atoms with E-state index in [-0.39, 0.29) is 17.5 Å². The third-order valence-electron chi connectivity index (χ3n) is 6.15. The zero-order valence-electron chi connectivity index (χ0n) is 18.6. The average molecular weight is 625 g/mol. The first-order valence-electron chi connectivity index (χ1n) is 11.1. The van der Waals surface area contributed by atoms with Crippen molar-refractivity contribution in [1.82, 2.24) is 4.31 Å². The fourth-order valence-electron chi connectivity index (χ4n) is 4.37. The minimum absolute atomic E-state index is 0.154. The molecule has 182 valence electrons. The number of carbonyl (C=O) groups is 1. The maximum Gasteiger partial charge on any atom is 0.414 e. The van der Waals surface area contributed by atoms with Crippen molar-refractivity contribution in [2.45, 2.75) is 30.4 Å². The van der Waals surface area contributed by atoms with Gasteiger partial charge in [-0.2, -0.15) is 4.31 Å². The van der Waals surface area contributed by atoms with E-state index in [1.807, 2.05) is 30.3 Å². The number of amides is 1. The number of carbonyl (C=O) groups excluding carboxylic acids is 1. The second-order valence-corrected chi connectivity index (χ2v) is 12.0. The Morgan fingerprint density at radius 1 is 0.943 bits per heavy atom. The second kappa shape index (κ2) is 9.96. The molecule has 0 aliphatic carbocycles. The molecular formula is C25H22ClIN2O5S. The average Bonchev–Trinajstić information content (AvgIpc) is 2.86. The zero-order valence-corrected chi connectivity index (χ0v) is 22.3. The number of sulfonamides is 1. The van der Waals surface area contributed by atoms with Crippen LogP contribution in [0.3, 0.4) is 0 Å². The van der Waals surface area contributed by atoms with Gasteiger partial charge in [0.15, 0.2) is 0 Å². The molecule has 10 heteroatoms. The van der Waals surface area contributed by atoms with Crippen LogP contribution >= 0.6 is 34.2 Å². The summed E-state index contributed by atoms with van der Waals surface area (Å²) in [6.07, 6.45) is 0.597. The van der Waals surface area contributed by atoms with E-state index in [0.29, 0.717) is 42.5 Å². The smallest absolute Gasteiger partial charge is 0.414 e. The number of piperidine rings is 1. The molecule has 35 heavy (non-hydrogen) atoms. The summed E-state index contributed by atoms with van der Waals surface area (Å²) in [5.41, 5.74) is 1.62. The number of cyclic esters (lactones) is 1. The van der Waals surface area contributed by atoms with Gasteiger partial charge in [-0.15, -0.1) is 0 Å². The molecule has 0 bridgehead atoms. The molecule has 0 spiro atoms. The van der Waals surface area contributed by atoms with Crippen LogP contribution in [-0.2, 0) is 21.4 Å². The van der Waals surface area contributed by atoms with Gasteiger partial charge in [0, 0.05) is 33.3 Å². The first-order chi connectivity index (χ1) is 16.8. The highest BCUT2D eigenvalue weighted by Crippen LogP contribution is 2.34. The quantitative estimate of drug-likeness (QED) is 0.323. The highest BCUT2D eigenvalue weighted by Gasteiger charge is 2.37. The molecule has 5 rings (SSSR count). The Morgan fingerprint density at radius 3 is 2.23 bits per heavy atom. The van der Waals surface area contributed by atoms with Crippen molar-refractivity contribution < 1.29 is 22.7 Å². The van der Waals surface area contributed by atoms with E-state index in [2.05, 4.69) is 22.6 Å². The minimum atomic E-state index is -3.67. The molecule has 3 aromatic carbocycles. The molecule has 0 aromatic heterocycles. The molecule has 0 saturated carbocycles. The van der Waals surface area contributed by atoms with Crippen LogP contribution in [0.25, 0.3) is 0 Å². The third kappa shape index (κ3) is 5.13. The summed E-state index contributed by atoms with van der Waals surface area (Å²) in [5, 5.41) is 0.581. The maximum atomic E-state index is 13.2. The van der Waals surface area contributed by atoms with E-state index in [0.717, 1.165) is 14.8 Å². The lowest BCUT2D eigenvalue weighted by Crippen LogP contribution is -2.50.